The fraction of sp³-hybridized carbons (Fsp3) is 0.455. The Morgan fingerprint density at radius 3 is 2.38 bits per heavy atom. The van der Waals surface area contributed by atoms with Gasteiger partial charge in [0.05, 0.1) is 9.88 Å². The number of carbonyl (C=O) groups excluding carboxylic acids is 2. The first kappa shape index (κ1) is 23.0. The lowest BCUT2D eigenvalue weighted by atomic mass is 9.96. The Labute approximate surface area is 176 Å². The molecule has 0 atom stereocenters. The van der Waals surface area contributed by atoms with Gasteiger partial charge in [-0.2, -0.15) is 0 Å². The van der Waals surface area contributed by atoms with Gasteiger partial charge in [0, 0.05) is 30.6 Å². The lowest BCUT2D eigenvalue weighted by Crippen LogP contribution is -2.36. The maximum atomic E-state index is 14.2. The molecular weight excluding hydrogens is 389 g/mol. The van der Waals surface area contributed by atoms with E-state index in [9.17, 15) is 14.0 Å². The van der Waals surface area contributed by atoms with E-state index in [1.807, 2.05) is 52.8 Å². The summed E-state index contributed by atoms with van der Waals surface area (Å²) >= 11 is 1.26. The molecule has 7 heteroatoms. The second-order valence-electron chi connectivity index (χ2n) is 8.45. The lowest BCUT2D eigenvalue weighted by molar-refractivity contribution is -0.123. The van der Waals surface area contributed by atoms with Crippen LogP contribution in [-0.2, 0) is 11.3 Å². The molecule has 2 amide bonds. The van der Waals surface area contributed by atoms with Gasteiger partial charge < -0.3 is 15.1 Å². The van der Waals surface area contributed by atoms with E-state index in [1.165, 1.54) is 17.4 Å². The third-order valence-corrected chi connectivity index (χ3v) is 5.59. The highest BCUT2D eigenvalue weighted by Gasteiger charge is 2.25. The summed E-state index contributed by atoms with van der Waals surface area (Å²) in [4.78, 5) is 29.7. The number of likely N-dealkylation sites (N-methyl/N-ethyl adjacent to an activating group) is 1. The predicted octanol–water partition coefficient (Wildman–Crippen LogP) is 4.38. The van der Waals surface area contributed by atoms with Crippen molar-refractivity contribution in [2.24, 2.45) is 5.41 Å². The first-order valence-corrected chi connectivity index (χ1v) is 10.4. The molecule has 0 saturated carbocycles. The summed E-state index contributed by atoms with van der Waals surface area (Å²) in [5.74, 6) is -0.585. The van der Waals surface area contributed by atoms with E-state index in [0.717, 1.165) is 5.56 Å². The molecule has 0 fully saturated rings. The topological polar surface area (TPSA) is 52.7 Å². The van der Waals surface area contributed by atoms with Gasteiger partial charge in [-0.1, -0.05) is 39.0 Å². The molecule has 29 heavy (non-hydrogen) atoms. The molecule has 2 aromatic rings. The molecule has 5 nitrogen and oxygen atoms in total. The number of amides is 2. The minimum Gasteiger partial charge on any atom is -0.332 e. The number of nitrogens with one attached hydrogen (secondary N) is 1. The summed E-state index contributed by atoms with van der Waals surface area (Å²) in [7, 11) is 3.87. The lowest BCUT2D eigenvalue weighted by Gasteiger charge is -2.24. The molecule has 1 N–H and O–H groups in total. The van der Waals surface area contributed by atoms with E-state index in [0.29, 0.717) is 28.5 Å². The minimum absolute atomic E-state index is 0.103. The highest BCUT2D eigenvalue weighted by Crippen LogP contribution is 2.30. The Kier molecular flexibility index (Phi) is 7.54. The average molecular weight is 420 g/mol. The fourth-order valence-electron chi connectivity index (χ4n) is 2.60. The quantitative estimate of drug-likeness (QED) is 0.724. The highest BCUT2D eigenvalue weighted by molar-refractivity contribution is 7.18. The molecule has 0 radical (unpaired) electrons. The first-order valence-electron chi connectivity index (χ1n) is 9.58. The van der Waals surface area contributed by atoms with Crippen molar-refractivity contribution in [2.75, 3.05) is 32.5 Å². The van der Waals surface area contributed by atoms with Crippen molar-refractivity contribution in [2.45, 2.75) is 34.2 Å². The third kappa shape index (κ3) is 6.37. The standard InChI is InChI=1S/C22H30FN3O2S/c1-15-13-18(24-21(28)22(2,3)4)29-19(15)20(27)26(12-11-25(5)6)14-16-9-7-8-10-17(16)23/h7-10,13H,11-12,14H2,1-6H3,(H,24,28). The number of benzene rings is 1. The average Bonchev–Trinajstić information content (AvgIpc) is 2.98. The van der Waals surface area contributed by atoms with Crippen LogP contribution >= 0.6 is 11.3 Å². The van der Waals surface area contributed by atoms with E-state index in [-0.39, 0.29) is 24.2 Å². The van der Waals surface area contributed by atoms with Crippen molar-refractivity contribution in [1.82, 2.24) is 9.80 Å². The number of aryl methyl sites for hydroxylation is 1. The van der Waals surface area contributed by atoms with Crippen LogP contribution in [0.15, 0.2) is 30.3 Å². The molecule has 0 bridgehead atoms. The zero-order valence-electron chi connectivity index (χ0n) is 18.0. The van der Waals surface area contributed by atoms with E-state index < -0.39 is 5.41 Å². The predicted molar refractivity (Wildman–Crippen MR) is 117 cm³/mol. The van der Waals surface area contributed by atoms with E-state index >= 15 is 0 Å². The van der Waals surface area contributed by atoms with Crippen molar-refractivity contribution >= 4 is 28.2 Å². The Morgan fingerprint density at radius 1 is 1.14 bits per heavy atom. The number of hydrogen-bond acceptors (Lipinski definition) is 4. The van der Waals surface area contributed by atoms with Crippen LogP contribution in [0.25, 0.3) is 0 Å². The second kappa shape index (κ2) is 9.50. The molecule has 1 heterocycles. The second-order valence-corrected chi connectivity index (χ2v) is 9.50. The van der Waals surface area contributed by atoms with Crippen LogP contribution in [0.5, 0.6) is 0 Å². The zero-order valence-corrected chi connectivity index (χ0v) is 18.8. The maximum Gasteiger partial charge on any atom is 0.264 e. The number of rotatable bonds is 7. The van der Waals surface area contributed by atoms with Gasteiger partial charge in [-0.3, -0.25) is 9.59 Å². The van der Waals surface area contributed by atoms with E-state index in [4.69, 9.17) is 0 Å². The molecule has 0 spiro atoms. The first-order chi connectivity index (χ1) is 13.5. The van der Waals surface area contributed by atoms with Crippen LogP contribution in [0.1, 0.15) is 41.6 Å². The third-order valence-electron chi connectivity index (χ3n) is 4.45. The summed E-state index contributed by atoms with van der Waals surface area (Å²) < 4.78 is 14.2. The van der Waals surface area contributed by atoms with Gasteiger partial charge in [0.15, 0.2) is 0 Å². The number of hydrogen-bond donors (Lipinski definition) is 1. The van der Waals surface area contributed by atoms with Crippen molar-refractivity contribution in [3.63, 3.8) is 0 Å². The molecule has 158 valence electrons. The van der Waals surface area contributed by atoms with Crippen LogP contribution in [0.2, 0.25) is 0 Å². The molecule has 0 aliphatic carbocycles. The van der Waals surface area contributed by atoms with Gasteiger partial charge in [0.25, 0.3) is 5.91 Å². The van der Waals surface area contributed by atoms with Gasteiger partial charge in [-0.15, -0.1) is 11.3 Å². The molecule has 0 unspecified atom stereocenters. The van der Waals surface area contributed by atoms with Crippen LogP contribution in [0.4, 0.5) is 9.39 Å². The molecule has 0 saturated heterocycles. The summed E-state index contributed by atoms with van der Waals surface area (Å²) in [5, 5.41) is 3.53. The Hall–Kier alpha value is -2.25. The Balaban J connectivity index is 2.26. The summed E-state index contributed by atoms with van der Waals surface area (Å²) in [6.45, 7) is 8.70. The van der Waals surface area contributed by atoms with Crippen molar-refractivity contribution in [3.05, 3.63) is 52.2 Å². The van der Waals surface area contributed by atoms with E-state index in [1.54, 1.807) is 23.1 Å². The molecule has 1 aromatic heterocycles. The zero-order chi connectivity index (χ0) is 21.8. The molecular formula is C22H30FN3O2S. The SMILES string of the molecule is Cc1cc(NC(=O)C(C)(C)C)sc1C(=O)N(CCN(C)C)Cc1ccccc1F. The number of thiophene rings is 1. The molecule has 0 aliphatic rings. The molecule has 2 rings (SSSR count). The smallest absolute Gasteiger partial charge is 0.264 e. The monoisotopic (exact) mass is 419 g/mol. The molecule has 1 aromatic carbocycles. The van der Waals surface area contributed by atoms with Crippen LogP contribution in [0.3, 0.4) is 0 Å². The van der Waals surface area contributed by atoms with Crippen LogP contribution < -0.4 is 5.32 Å². The fourth-order valence-corrected chi connectivity index (χ4v) is 3.64. The van der Waals surface area contributed by atoms with Crippen molar-refractivity contribution < 1.29 is 14.0 Å². The highest BCUT2D eigenvalue weighted by atomic mass is 32.1. The summed E-state index contributed by atoms with van der Waals surface area (Å²) in [6, 6.07) is 8.32. The van der Waals surface area contributed by atoms with E-state index in [2.05, 4.69) is 5.32 Å². The van der Waals surface area contributed by atoms with Crippen LogP contribution in [-0.4, -0.2) is 48.8 Å². The normalized spacial score (nSPS) is 11.6. The number of nitrogens with zero attached hydrogens (tertiary/aromatic N) is 2. The van der Waals surface area contributed by atoms with Gasteiger partial charge >= 0.3 is 0 Å². The van der Waals surface area contributed by atoms with Crippen molar-refractivity contribution in [1.29, 1.82) is 0 Å². The van der Waals surface area contributed by atoms with Gasteiger partial charge in [-0.05, 0) is 38.7 Å². The van der Waals surface area contributed by atoms with Gasteiger partial charge in [-0.25, -0.2) is 4.39 Å². The van der Waals surface area contributed by atoms with Crippen LogP contribution in [0, 0.1) is 18.2 Å². The molecule has 0 aliphatic heterocycles. The number of anilines is 1. The van der Waals surface area contributed by atoms with Gasteiger partial charge in [0.1, 0.15) is 5.82 Å². The van der Waals surface area contributed by atoms with Crippen molar-refractivity contribution in [3.8, 4) is 0 Å². The Morgan fingerprint density at radius 2 is 1.79 bits per heavy atom. The summed E-state index contributed by atoms with van der Waals surface area (Å²) in [5.41, 5.74) is 0.757. The Bertz CT molecular complexity index is 871. The maximum absolute atomic E-state index is 14.2. The number of carbonyl (C=O) groups is 2. The minimum atomic E-state index is -0.523. The summed E-state index contributed by atoms with van der Waals surface area (Å²) in [6.07, 6.45) is 0. The number of halogens is 1. The largest absolute Gasteiger partial charge is 0.332 e. The van der Waals surface area contributed by atoms with Gasteiger partial charge in [0.2, 0.25) is 5.91 Å².